The molecule has 0 atom stereocenters. The number of amides is 2. The van der Waals surface area contributed by atoms with Crippen molar-refractivity contribution in [2.45, 2.75) is 26.0 Å². The van der Waals surface area contributed by atoms with Crippen LogP contribution in [0.1, 0.15) is 31.5 Å². The lowest BCUT2D eigenvalue weighted by atomic mass is 10.2. The molecular weight excluding hydrogens is 363 g/mol. The molecule has 0 saturated carbocycles. The Labute approximate surface area is 162 Å². The number of rotatable bonds is 6. The second-order valence-electron chi connectivity index (χ2n) is 6.63. The lowest BCUT2D eigenvalue weighted by Crippen LogP contribution is -2.36. The van der Waals surface area contributed by atoms with Gasteiger partial charge in [-0.05, 0) is 26.0 Å². The third-order valence-electron chi connectivity index (χ3n) is 4.07. The summed E-state index contributed by atoms with van der Waals surface area (Å²) in [6.07, 6.45) is 6.75. The minimum absolute atomic E-state index is 0.0482. The summed E-state index contributed by atoms with van der Waals surface area (Å²) in [4.78, 5) is 21.2. The molecule has 3 rings (SSSR count). The lowest BCUT2D eigenvalue weighted by molar-refractivity contribution is 0.241. The molecule has 28 heavy (non-hydrogen) atoms. The van der Waals surface area contributed by atoms with Gasteiger partial charge in [0.2, 0.25) is 0 Å². The Morgan fingerprint density at radius 2 is 1.71 bits per heavy atom. The van der Waals surface area contributed by atoms with E-state index >= 15 is 0 Å². The van der Waals surface area contributed by atoms with Crippen molar-refractivity contribution in [1.29, 1.82) is 0 Å². The molecule has 9 heteroatoms. The van der Waals surface area contributed by atoms with Gasteiger partial charge in [-0.15, -0.1) is 0 Å². The number of carbonyl (C=O) groups excluding carboxylic acids is 1. The first-order chi connectivity index (χ1) is 13.3. The number of hydrogen-bond donors (Lipinski definition) is 2. The largest absolute Gasteiger partial charge is 0.491 e. The molecule has 0 aliphatic rings. The van der Waals surface area contributed by atoms with Crippen LogP contribution in [0.5, 0.6) is 5.75 Å². The van der Waals surface area contributed by atoms with Crippen molar-refractivity contribution < 1.29 is 13.9 Å². The highest BCUT2D eigenvalue weighted by atomic mass is 19.1. The van der Waals surface area contributed by atoms with Crippen LogP contribution in [0, 0.1) is 5.82 Å². The minimum atomic E-state index is -0.605. The van der Waals surface area contributed by atoms with Crippen molar-refractivity contribution in [2.24, 2.45) is 14.1 Å². The second kappa shape index (κ2) is 8.12. The number of halogens is 1. The maximum absolute atomic E-state index is 14.3. The molecular formula is C19H23FN6O2. The Bertz CT molecular complexity index is 925. The number of nitrogens with one attached hydrogen (secondary N) is 2. The van der Waals surface area contributed by atoms with Crippen molar-refractivity contribution in [3.05, 3.63) is 60.5 Å². The van der Waals surface area contributed by atoms with Crippen LogP contribution in [0.25, 0.3) is 0 Å². The molecule has 2 heterocycles. The summed E-state index contributed by atoms with van der Waals surface area (Å²) in [5.41, 5.74) is 0.0482. The molecule has 2 amide bonds. The van der Waals surface area contributed by atoms with Crippen LogP contribution in [-0.2, 0) is 14.1 Å². The maximum atomic E-state index is 14.3. The average Bonchev–Trinajstić information content (AvgIpc) is 3.23. The summed E-state index contributed by atoms with van der Waals surface area (Å²) in [5, 5.41) is 5.34. The Hall–Kier alpha value is -3.36. The highest BCUT2D eigenvalue weighted by molar-refractivity contribution is 5.89. The predicted octanol–water partition coefficient (Wildman–Crippen LogP) is 2.99. The number of ether oxygens (including phenoxy) is 1. The average molecular weight is 386 g/mol. The number of hydrogen-bond acceptors (Lipinski definition) is 4. The zero-order valence-electron chi connectivity index (χ0n) is 16.2. The summed E-state index contributed by atoms with van der Waals surface area (Å²) in [6, 6.07) is 3.13. The van der Waals surface area contributed by atoms with Crippen LogP contribution in [0.3, 0.4) is 0 Å². The molecule has 0 unspecified atom stereocenters. The summed E-state index contributed by atoms with van der Waals surface area (Å²) in [7, 11) is 3.65. The van der Waals surface area contributed by atoms with Crippen molar-refractivity contribution in [3.8, 4) is 5.75 Å². The molecule has 2 N–H and O–H groups in total. The second-order valence-corrected chi connectivity index (χ2v) is 6.63. The first-order valence-corrected chi connectivity index (χ1v) is 8.83. The van der Waals surface area contributed by atoms with Crippen LogP contribution in [0.2, 0.25) is 0 Å². The number of nitrogens with zero attached hydrogens (tertiary/aromatic N) is 4. The number of aryl methyl sites for hydroxylation is 2. The molecule has 0 fully saturated rings. The quantitative estimate of drug-likeness (QED) is 0.682. The molecule has 3 aromatic rings. The Balaban J connectivity index is 1.78. The Morgan fingerprint density at radius 3 is 2.18 bits per heavy atom. The van der Waals surface area contributed by atoms with Gasteiger partial charge in [-0.2, -0.15) is 0 Å². The van der Waals surface area contributed by atoms with Crippen molar-refractivity contribution >= 4 is 11.7 Å². The first kappa shape index (κ1) is 19.4. The number of urea groups is 1. The van der Waals surface area contributed by atoms with E-state index in [4.69, 9.17) is 4.74 Å². The fourth-order valence-electron chi connectivity index (χ4n) is 2.79. The van der Waals surface area contributed by atoms with Crippen LogP contribution < -0.4 is 15.4 Å². The third kappa shape index (κ3) is 4.30. The van der Waals surface area contributed by atoms with Crippen molar-refractivity contribution in [2.75, 3.05) is 5.32 Å². The third-order valence-corrected chi connectivity index (χ3v) is 4.07. The van der Waals surface area contributed by atoms with Gasteiger partial charge in [0.1, 0.15) is 29.3 Å². The minimum Gasteiger partial charge on any atom is -0.491 e. The van der Waals surface area contributed by atoms with E-state index in [2.05, 4.69) is 20.6 Å². The van der Waals surface area contributed by atoms with E-state index in [1.807, 2.05) is 27.9 Å². The van der Waals surface area contributed by atoms with Crippen LogP contribution in [0.15, 0.2) is 43.0 Å². The topological polar surface area (TPSA) is 86.0 Å². The van der Waals surface area contributed by atoms with E-state index in [9.17, 15) is 9.18 Å². The summed E-state index contributed by atoms with van der Waals surface area (Å²) in [6.45, 7) is 3.71. The smallest absolute Gasteiger partial charge is 0.320 e. The Morgan fingerprint density at radius 1 is 1.11 bits per heavy atom. The molecule has 0 radical (unpaired) electrons. The standard InChI is InChI=1S/C19H23FN6O2/c1-12(2)28-13-5-6-15(14(20)11-13)23-19(27)24-16(17-21-7-9-25(17)3)18-22-8-10-26(18)4/h5-12,16H,1-4H3,(H2,23,24,27). The molecule has 0 spiro atoms. The lowest BCUT2D eigenvalue weighted by Gasteiger charge is -2.19. The summed E-state index contributed by atoms with van der Waals surface area (Å²) >= 11 is 0. The van der Waals surface area contributed by atoms with Gasteiger partial charge in [0.05, 0.1) is 11.8 Å². The molecule has 0 aliphatic carbocycles. The summed E-state index contributed by atoms with van der Waals surface area (Å²) in [5.74, 6) is 1.02. The maximum Gasteiger partial charge on any atom is 0.320 e. The monoisotopic (exact) mass is 386 g/mol. The summed E-state index contributed by atoms with van der Waals surface area (Å²) < 4.78 is 23.4. The highest BCUT2D eigenvalue weighted by Gasteiger charge is 2.24. The molecule has 148 valence electrons. The van der Waals surface area contributed by atoms with Gasteiger partial charge in [0.15, 0.2) is 0 Å². The van der Waals surface area contributed by atoms with E-state index < -0.39 is 17.9 Å². The zero-order chi connectivity index (χ0) is 20.3. The molecule has 8 nitrogen and oxygen atoms in total. The van der Waals surface area contributed by atoms with Gasteiger partial charge < -0.3 is 24.5 Å². The fourth-order valence-corrected chi connectivity index (χ4v) is 2.79. The molecule has 0 saturated heterocycles. The van der Waals surface area contributed by atoms with Crippen molar-refractivity contribution in [1.82, 2.24) is 24.4 Å². The normalized spacial score (nSPS) is 11.1. The van der Waals surface area contributed by atoms with Gasteiger partial charge >= 0.3 is 6.03 Å². The number of carbonyl (C=O) groups is 1. The van der Waals surface area contributed by atoms with Crippen molar-refractivity contribution in [3.63, 3.8) is 0 Å². The Kier molecular flexibility index (Phi) is 5.62. The van der Waals surface area contributed by atoms with E-state index in [1.54, 1.807) is 40.0 Å². The number of benzene rings is 1. The van der Waals surface area contributed by atoms with Crippen LogP contribution in [0.4, 0.5) is 14.9 Å². The van der Waals surface area contributed by atoms with Gasteiger partial charge in [-0.25, -0.2) is 19.2 Å². The fraction of sp³-hybridized carbons (Fsp3) is 0.316. The van der Waals surface area contributed by atoms with Crippen LogP contribution in [-0.4, -0.2) is 31.2 Å². The molecule has 1 aromatic carbocycles. The predicted molar refractivity (Wildman–Crippen MR) is 103 cm³/mol. The molecule has 0 bridgehead atoms. The van der Waals surface area contributed by atoms with Gasteiger partial charge in [0, 0.05) is 44.9 Å². The number of imidazole rings is 2. The zero-order valence-corrected chi connectivity index (χ0v) is 16.2. The van der Waals surface area contributed by atoms with Gasteiger partial charge in [-0.1, -0.05) is 0 Å². The highest BCUT2D eigenvalue weighted by Crippen LogP contribution is 2.23. The van der Waals surface area contributed by atoms with E-state index in [0.29, 0.717) is 17.4 Å². The molecule has 2 aromatic heterocycles. The van der Waals surface area contributed by atoms with Gasteiger partial charge in [-0.3, -0.25) is 0 Å². The SMILES string of the molecule is CC(C)Oc1ccc(NC(=O)NC(c2nccn2C)c2nccn2C)c(F)c1. The first-order valence-electron chi connectivity index (χ1n) is 8.83. The number of aromatic nitrogens is 4. The van der Waals surface area contributed by atoms with Crippen LogP contribution >= 0.6 is 0 Å². The van der Waals surface area contributed by atoms with E-state index in [1.165, 1.54) is 12.1 Å². The van der Waals surface area contributed by atoms with E-state index in [-0.39, 0.29) is 11.8 Å². The number of anilines is 1. The van der Waals surface area contributed by atoms with Gasteiger partial charge in [0.25, 0.3) is 0 Å². The van der Waals surface area contributed by atoms with E-state index in [0.717, 1.165) is 0 Å². The molecule has 0 aliphatic heterocycles.